The largest absolute Gasteiger partial charge is 0.325 e. The Morgan fingerprint density at radius 2 is 2.29 bits per heavy atom. The Labute approximate surface area is 107 Å². The van der Waals surface area contributed by atoms with Gasteiger partial charge in [-0.1, -0.05) is 24.6 Å². The van der Waals surface area contributed by atoms with Crippen LogP contribution >= 0.6 is 11.6 Å². The number of nitrogens with one attached hydrogen (secondary N) is 2. The minimum Gasteiger partial charge on any atom is -0.325 e. The van der Waals surface area contributed by atoms with Gasteiger partial charge in [0.05, 0.1) is 6.42 Å². The van der Waals surface area contributed by atoms with Crippen molar-refractivity contribution >= 4 is 23.2 Å². The number of carbonyl (C=O) groups excluding carboxylic acids is 1. The molecule has 0 bridgehead atoms. The zero-order chi connectivity index (χ0) is 12.4. The van der Waals surface area contributed by atoms with Gasteiger partial charge in [-0.25, -0.2) is 0 Å². The lowest BCUT2D eigenvalue weighted by atomic mass is 10.0. The van der Waals surface area contributed by atoms with Gasteiger partial charge in [-0.15, -0.1) is 0 Å². The SMILES string of the molecule is CCCNC(C)c1cc2c(cc1Cl)NC(=O)C2. The molecule has 0 aliphatic carbocycles. The summed E-state index contributed by atoms with van der Waals surface area (Å²) in [6.45, 7) is 5.19. The van der Waals surface area contributed by atoms with Crippen LogP contribution in [0.3, 0.4) is 0 Å². The van der Waals surface area contributed by atoms with Crippen LogP contribution in [0.5, 0.6) is 0 Å². The lowest BCUT2D eigenvalue weighted by Gasteiger charge is -2.16. The summed E-state index contributed by atoms with van der Waals surface area (Å²) >= 11 is 6.24. The highest BCUT2D eigenvalue weighted by molar-refractivity contribution is 6.32. The Balaban J connectivity index is 2.24. The van der Waals surface area contributed by atoms with E-state index in [-0.39, 0.29) is 11.9 Å². The number of anilines is 1. The monoisotopic (exact) mass is 252 g/mol. The highest BCUT2D eigenvalue weighted by atomic mass is 35.5. The molecule has 0 radical (unpaired) electrons. The van der Waals surface area contributed by atoms with Crippen molar-refractivity contribution in [3.05, 3.63) is 28.3 Å². The standard InChI is InChI=1S/C13H17ClN2O/c1-3-4-15-8(2)10-5-9-6-13(17)16-12(9)7-11(10)14/h5,7-8,15H,3-4,6H2,1-2H3,(H,16,17). The molecule has 0 saturated carbocycles. The fourth-order valence-corrected chi connectivity index (χ4v) is 2.40. The first-order valence-electron chi connectivity index (χ1n) is 5.97. The molecule has 0 aromatic heterocycles. The zero-order valence-electron chi connectivity index (χ0n) is 10.1. The van der Waals surface area contributed by atoms with E-state index in [0.717, 1.165) is 29.8 Å². The number of amides is 1. The molecule has 1 aliphatic heterocycles. The van der Waals surface area contributed by atoms with Crippen LogP contribution < -0.4 is 10.6 Å². The van der Waals surface area contributed by atoms with E-state index in [1.807, 2.05) is 12.1 Å². The normalized spacial score (nSPS) is 15.6. The molecule has 1 heterocycles. The minimum atomic E-state index is 0.0439. The van der Waals surface area contributed by atoms with Crippen molar-refractivity contribution in [2.75, 3.05) is 11.9 Å². The third-order valence-corrected chi connectivity index (χ3v) is 3.34. The summed E-state index contributed by atoms with van der Waals surface area (Å²) < 4.78 is 0. The van der Waals surface area contributed by atoms with E-state index in [2.05, 4.69) is 24.5 Å². The van der Waals surface area contributed by atoms with Crippen LogP contribution in [-0.4, -0.2) is 12.5 Å². The van der Waals surface area contributed by atoms with Gasteiger partial charge >= 0.3 is 0 Å². The molecule has 2 N–H and O–H groups in total. The van der Waals surface area contributed by atoms with E-state index in [0.29, 0.717) is 11.4 Å². The first kappa shape index (κ1) is 12.4. The van der Waals surface area contributed by atoms with Crippen molar-refractivity contribution < 1.29 is 4.79 Å². The summed E-state index contributed by atoms with van der Waals surface area (Å²) in [4.78, 5) is 11.3. The fourth-order valence-electron chi connectivity index (χ4n) is 2.07. The average Bonchev–Trinajstić information content (AvgIpc) is 2.64. The second kappa shape index (κ2) is 5.07. The third-order valence-electron chi connectivity index (χ3n) is 3.01. The van der Waals surface area contributed by atoms with Gasteiger partial charge in [0.2, 0.25) is 5.91 Å². The molecule has 17 heavy (non-hydrogen) atoms. The molecule has 0 spiro atoms. The maximum Gasteiger partial charge on any atom is 0.228 e. The van der Waals surface area contributed by atoms with Gasteiger partial charge < -0.3 is 10.6 Å². The van der Waals surface area contributed by atoms with E-state index in [1.54, 1.807) is 0 Å². The van der Waals surface area contributed by atoms with E-state index in [1.165, 1.54) is 0 Å². The van der Waals surface area contributed by atoms with Crippen molar-refractivity contribution in [1.82, 2.24) is 5.32 Å². The molecule has 1 unspecified atom stereocenters. The van der Waals surface area contributed by atoms with Gasteiger partial charge in [0.1, 0.15) is 0 Å². The summed E-state index contributed by atoms with van der Waals surface area (Å²) in [5.41, 5.74) is 2.96. The van der Waals surface area contributed by atoms with Crippen LogP contribution in [0.1, 0.15) is 37.4 Å². The van der Waals surface area contributed by atoms with Crippen molar-refractivity contribution in [1.29, 1.82) is 0 Å². The number of benzene rings is 1. The van der Waals surface area contributed by atoms with Crippen molar-refractivity contribution in [3.8, 4) is 0 Å². The zero-order valence-corrected chi connectivity index (χ0v) is 10.9. The van der Waals surface area contributed by atoms with Gasteiger partial charge in [0, 0.05) is 16.8 Å². The third kappa shape index (κ3) is 2.61. The molecule has 4 heteroatoms. The second-order valence-electron chi connectivity index (χ2n) is 4.43. The van der Waals surface area contributed by atoms with Crippen LogP contribution in [0.15, 0.2) is 12.1 Å². The Kier molecular flexibility index (Phi) is 3.69. The van der Waals surface area contributed by atoms with Crippen molar-refractivity contribution in [2.24, 2.45) is 0 Å². The number of carbonyl (C=O) groups is 1. The van der Waals surface area contributed by atoms with Crippen LogP contribution in [0.4, 0.5) is 5.69 Å². The first-order chi connectivity index (χ1) is 8.11. The van der Waals surface area contributed by atoms with Gasteiger partial charge in [-0.05, 0) is 37.1 Å². The second-order valence-corrected chi connectivity index (χ2v) is 4.84. The predicted octanol–water partition coefficient (Wildman–Crippen LogP) is 2.90. The van der Waals surface area contributed by atoms with Crippen LogP contribution in [0, 0.1) is 0 Å². The number of rotatable bonds is 4. The highest BCUT2D eigenvalue weighted by Crippen LogP contribution is 2.32. The molecule has 1 atom stereocenters. The number of halogens is 1. The minimum absolute atomic E-state index is 0.0439. The quantitative estimate of drug-likeness (QED) is 0.865. The summed E-state index contributed by atoms with van der Waals surface area (Å²) in [5, 5.41) is 6.92. The van der Waals surface area contributed by atoms with Crippen LogP contribution in [0.2, 0.25) is 5.02 Å². The van der Waals surface area contributed by atoms with Crippen LogP contribution in [0.25, 0.3) is 0 Å². The maximum absolute atomic E-state index is 11.3. The lowest BCUT2D eigenvalue weighted by Crippen LogP contribution is -2.19. The summed E-state index contributed by atoms with van der Waals surface area (Å²) in [6.07, 6.45) is 1.55. The van der Waals surface area contributed by atoms with E-state index in [9.17, 15) is 4.79 Å². The molecule has 1 aliphatic rings. The number of hydrogen-bond acceptors (Lipinski definition) is 2. The summed E-state index contributed by atoms with van der Waals surface area (Å²) in [5.74, 6) is 0.0439. The molecule has 92 valence electrons. The van der Waals surface area contributed by atoms with Gasteiger partial charge in [-0.2, -0.15) is 0 Å². The molecule has 1 aromatic carbocycles. The van der Waals surface area contributed by atoms with E-state index >= 15 is 0 Å². The lowest BCUT2D eigenvalue weighted by molar-refractivity contribution is -0.115. The molecule has 2 rings (SSSR count). The molecule has 1 amide bonds. The fraction of sp³-hybridized carbons (Fsp3) is 0.462. The molecule has 1 aromatic rings. The average molecular weight is 253 g/mol. The molecular weight excluding hydrogens is 236 g/mol. The predicted molar refractivity (Wildman–Crippen MR) is 70.5 cm³/mol. The van der Waals surface area contributed by atoms with Crippen molar-refractivity contribution in [2.45, 2.75) is 32.7 Å². The smallest absolute Gasteiger partial charge is 0.228 e. The molecule has 3 nitrogen and oxygen atoms in total. The Morgan fingerprint density at radius 3 is 3.00 bits per heavy atom. The molecule has 0 fully saturated rings. The summed E-state index contributed by atoms with van der Waals surface area (Å²) in [6, 6.07) is 4.09. The Morgan fingerprint density at radius 1 is 1.53 bits per heavy atom. The number of hydrogen-bond donors (Lipinski definition) is 2. The van der Waals surface area contributed by atoms with E-state index < -0.39 is 0 Å². The summed E-state index contributed by atoms with van der Waals surface area (Å²) in [7, 11) is 0. The van der Waals surface area contributed by atoms with E-state index in [4.69, 9.17) is 11.6 Å². The Hall–Kier alpha value is -1.06. The maximum atomic E-state index is 11.3. The van der Waals surface area contributed by atoms with Crippen LogP contribution in [-0.2, 0) is 11.2 Å². The highest BCUT2D eigenvalue weighted by Gasteiger charge is 2.21. The van der Waals surface area contributed by atoms with Crippen molar-refractivity contribution in [3.63, 3.8) is 0 Å². The van der Waals surface area contributed by atoms with Gasteiger partial charge in [0.25, 0.3) is 0 Å². The first-order valence-corrected chi connectivity index (χ1v) is 6.35. The Bertz CT molecular complexity index is 445. The van der Waals surface area contributed by atoms with Gasteiger partial charge in [-0.3, -0.25) is 4.79 Å². The molecule has 0 saturated heterocycles. The topological polar surface area (TPSA) is 41.1 Å². The number of fused-ring (bicyclic) bond motifs is 1. The molecular formula is C13H17ClN2O. The van der Waals surface area contributed by atoms with Gasteiger partial charge in [0.15, 0.2) is 0 Å².